The number of carbonyl (C=O) groups is 2. The van der Waals surface area contributed by atoms with E-state index in [1.165, 1.54) is 0 Å². The first-order chi connectivity index (χ1) is 11.4. The van der Waals surface area contributed by atoms with Crippen LogP contribution in [0.3, 0.4) is 0 Å². The van der Waals surface area contributed by atoms with E-state index in [-0.39, 0.29) is 17.6 Å². The Morgan fingerprint density at radius 2 is 2.04 bits per heavy atom. The molecule has 0 bridgehead atoms. The van der Waals surface area contributed by atoms with E-state index in [4.69, 9.17) is 4.42 Å². The molecule has 24 heavy (non-hydrogen) atoms. The van der Waals surface area contributed by atoms with Crippen LogP contribution >= 0.6 is 15.9 Å². The predicted molar refractivity (Wildman–Crippen MR) is 97.2 cm³/mol. The number of hydrogen-bond donors (Lipinski definition) is 1. The number of nitrogens with one attached hydrogen (secondary N) is 1. The van der Waals surface area contributed by atoms with E-state index in [1.807, 2.05) is 13.8 Å². The van der Waals surface area contributed by atoms with E-state index in [0.717, 1.165) is 5.57 Å². The summed E-state index contributed by atoms with van der Waals surface area (Å²) in [5.74, 6) is -0.284. The standard InChI is InChI=1S/C18H19BrN2O3/c1-4-21(11-12(2)3)18(23)13-6-5-7-14(10-13)20-17(22)15-8-9-16(19)24-15/h5-10H,2,4,11H2,1,3H3,(H,20,22). The fraction of sp³-hybridized carbons (Fsp3) is 0.222. The van der Waals surface area contributed by atoms with Crippen LogP contribution in [0.15, 0.2) is 57.6 Å². The monoisotopic (exact) mass is 390 g/mol. The van der Waals surface area contributed by atoms with Crippen molar-refractivity contribution in [3.05, 3.63) is 64.5 Å². The lowest BCUT2D eigenvalue weighted by Gasteiger charge is -2.21. The molecule has 0 fully saturated rings. The normalized spacial score (nSPS) is 10.3. The van der Waals surface area contributed by atoms with Crippen molar-refractivity contribution in [2.75, 3.05) is 18.4 Å². The van der Waals surface area contributed by atoms with Crippen molar-refractivity contribution in [2.24, 2.45) is 0 Å². The van der Waals surface area contributed by atoms with Crippen LogP contribution in [-0.2, 0) is 0 Å². The third kappa shape index (κ3) is 4.58. The van der Waals surface area contributed by atoms with Gasteiger partial charge in [-0.25, -0.2) is 0 Å². The van der Waals surface area contributed by atoms with Crippen molar-refractivity contribution in [1.82, 2.24) is 4.90 Å². The molecule has 0 saturated heterocycles. The Labute approximate surface area is 149 Å². The van der Waals surface area contributed by atoms with Gasteiger partial charge in [0.2, 0.25) is 0 Å². The molecule has 0 aliphatic rings. The van der Waals surface area contributed by atoms with Crippen molar-refractivity contribution in [2.45, 2.75) is 13.8 Å². The number of nitrogens with zero attached hydrogens (tertiary/aromatic N) is 1. The van der Waals surface area contributed by atoms with Crippen LogP contribution in [-0.4, -0.2) is 29.8 Å². The average Bonchev–Trinajstić information content (AvgIpc) is 2.98. The predicted octanol–water partition coefficient (Wildman–Crippen LogP) is 4.33. The number of halogens is 1. The maximum Gasteiger partial charge on any atom is 0.291 e. The fourth-order valence-corrected chi connectivity index (χ4v) is 2.50. The molecule has 2 aromatic rings. The second-order valence-electron chi connectivity index (χ2n) is 5.42. The highest BCUT2D eigenvalue weighted by Crippen LogP contribution is 2.17. The average molecular weight is 391 g/mol. The summed E-state index contributed by atoms with van der Waals surface area (Å²) in [4.78, 5) is 26.4. The molecule has 0 saturated carbocycles. The summed E-state index contributed by atoms with van der Waals surface area (Å²) in [5.41, 5.74) is 1.96. The molecule has 0 aliphatic heterocycles. The molecule has 1 N–H and O–H groups in total. The molecule has 2 rings (SSSR count). The molecule has 0 aliphatic carbocycles. The Bertz CT molecular complexity index is 767. The first kappa shape index (κ1) is 18.0. The number of furan rings is 1. The summed E-state index contributed by atoms with van der Waals surface area (Å²) in [7, 11) is 0. The van der Waals surface area contributed by atoms with Gasteiger partial charge in [0, 0.05) is 24.3 Å². The number of amides is 2. The quantitative estimate of drug-likeness (QED) is 0.746. The van der Waals surface area contributed by atoms with Crippen molar-refractivity contribution in [1.29, 1.82) is 0 Å². The van der Waals surface area contributed by atoms with Gasteiger partial charge in [0.25, 0.3) is 11.8 Å². The second kappa shape index (κ2) is 7.97. The summed E-state index contributed by atoms with van der Waals surface area (Å²) < 4.78 is 5.70. The molecule has 5 nitrogen and oxygen atoms in total. The zero-order valence-electron chi connectivity index (χ0n) is 13.6. The molecule has 126 valence electrons. The maximum atomic E-state index is 12.6. The number of likely N-dealkylation sites (N-methyl/N-ethyl adjacent to an activating group) is 1. The third-order valence-corrected chi connectivity index (χ3v) is 3.72. The van der Waals surface area contributed by atoms with Gasteiger partial charge in [0.05, 0.1) is 0 Å². The van der Waals surface area contributed by atoms with Gasteiger partial charge in [-0.15, -0.1) is 0 Å². The van der Waals surface area contributed by atoms with E-state index >= 15 is 0 Å². The van der Waals surface area contributed by atoms with E-state index < -0.39 is 0 Å². The van der Waals surface area contributed by atoms with Crippen LogP contribution < -0.4 is 5.32 Å². The molecule has 6 heteroatoms. The van der Waals surface area contributed by atoms with Crippen LogP contribution in [0.5, 0.6) is 0 Å². The van der Waals surface area contributed by atoms with E-state index in [0.29, 0.717) is 29.0 Å². The highest BCUT2D eigenvalue weighted by Gasteiger charge is 2.16. The zero-order valence-corrected chi connectivity index (χ0v) is 15.2. The van der Waals surface area contributed by atoms with Crippen molar-refractivity contribution < 1.29 is 14.0 Å². The Hall–Kier alpha value is -2.34. The van der Waals surface area contributed by atoms with Crippen LogP contribution in [0.4, 0.5) is 5.69 Å². The van der Waals surface area contributed by atoms with Gasteiger partial charge in [-0.05, 0) is 60.1 Å². The van der Waals surface area contributed by atoms with Crippen LogP contribution in [0.25, 0.3) is 0 Å². The number of anilines is 1. The van der Waals surface area contributed by atoms with Gasteiger partial charge in [-0.1, -0.05) is 18.2 Å². The molecular formula is C18H19BrN2O3. The lowest BCUT2D eigenvalue weighted by Crippen LogP contribution is -2.32. The van der Waals surface area contributed by atoms with Gasteiger partial charge in [-0.2, -0.15) is 0 Å². The molecule has 0 spiro atoms. The largest absolute Gasteiger partial charge is 0.444 e. The Balaban J connectivity index is 2.14. The number of hydrogen-bond acceptors (Lipinski definition) is 3. The summed E-state index contributed by atoms with van der Waals surface area (Å²) in [6, 6.07) is 10.0. The minimum absolute atomic E-state index is 0.0997. The van der Waals surface area contributed by atoms with E-state index in [1.54, 1.807) is 41.3 Å². The highest BCUT2D eigenvalue weighted by molar-refractivity contribution is 9.10. The molecule has 0 atom stereocenters. The summed E-state index contributed by atoms with van der Waals surface area (Å²) >= 11 is 3.16. The van der Waals surface area contributed by atoms with Crippen molar-refractivity contribution in [3.8, 4) is 0 Å². The summed E-state index contributed by atoms with van der Waals surface area (Å²) in [6.07, 6.45) is 0. The minimum Gasteiger partial charge on any atom is -0.444 e. The number of carbonyl (C=O) groups excluding carboxylic acids is 2. The first-order valence-electron chi connectivity index (χ1n) is 7.51. The smallest absolute Gasteiger partial charge is 0.291 e. The van der Waals surface area contributed by atoms with Crippen LogP contribution in [0, 0.1) is 0 Å². The van der Waals surface area contributed by atoms with Gasteiger partial charge < -0.3 is 14.6 Å². The summed E-state index contributed by atoms with van der Waals surface area (Å²) in [5, 5.41) is 2.72. The van der Waals surface area contributed by atoms with Crippen LogP contribution in [0.1, 0.15) is 34.8 Å². The van der Waals surface area contributed by atoms with Gasteiger partial charge in [-0.3, -0.25) is 9.59 Å². The van der Waals surface area contributed by atoms with E-state index in [9.17, 15) is 9.59 Å². The first-order valence-corrected chi connectivity index (χ1v) is 8.30. The van der Waals surface area contributed by atoms with Gasteiger partial charge >= 0.3 is 0 Å². The molecule has 1 aromatic carbocycles. The molecular weight excluding hydrogens is 372 g/mol. The SMILES string of the molecule is C=C(C)CN(CC)C(=O)c1cccc(NC(=O)c2ccc(Br)o2)c1. The molecule has 0 radical (unpaired) electrons. The zero-order chi connectivity index (χ0) is 17.7. The van der Waals surface area contributed by atoms with Gasteiger partial charge in [0.1, 0.15) is 0 Å². The lowest BCUT2D eigenvalue weighted by molar-refractivity contribution is 0.0778. The van der Waals surface area contributed by atoms with Gasteiger partial charge in [0.15, 0.2) is 10.4 Å². The molecule has 1 heterocycles. The minimum atomic E-state index is -0.375. The second-order valence-corrected chi connectivity index (χ2v) is 6.20. The van der Waals surface area contributed by atoms with Crippen molar-refractivity contribution >= 4 is 33.4 Å². The summed E-state index contributed by atoms with van der Waals surface area (Å²) in [6.45, 7) is 8.74. The Morgan fingerprint density at radius 3 is 2.62 bits per heavy atom. The third-order valence-electron chi connectivity index (χ3n) is 3.29. The van der Waals surface area contributed by atoms with Crippen LogP contribution in [0.2, 0.25) is 0 Å². The molecule has 1 aromatic heterocycles. The molecule has 0 unspecified atom stereocenters. The molecule has 2 amide bonds. The lowest BCUT2D eigenvalue weighted by atomic mass is 10.1. The topological polar surface area (TPSA) is 62.6 Å². The number of rotatable bonds is 6. The van der Waals surface area contributed by atoms with E-state index in [2.05, 4.69) is 27.8 Å². The fourth-order valence-electron chi connectivity index (χ4n) is 2.19. The Morgan fingerprint density at radius 1 is 1.29 bits per heavy atom. The highest BCUT2D eigenvalue weighted by atomic mass is 79.9. The Kier molecular flexibility index (Phi) is 5.98. The van der Waals surface area contributed by atoms with Crippen molar-refractivity contribution in [3.63, 3.8) is 0 Å². The maximum absolute atomic E-state index is 12.6. The number of benzene rings is 1.